The molecule has 0 aromatic heterocycles. The van der Waals surface area contributed by atoms with Crippen molar-refractivity contribution < 1.29 is 23.8 Å². The third kappa shape index (κ3) is 4.14. The van der Waals surface area contributed by atoms with E-state index in [9.17, 15) is 9.59 Å². The number of halogens is 1. The van der Waals surface area contributed by atoms with Crippen LogP contribution in [0.5, 0.6) is 11.5 Å². The van der Waals surface area contributed by atoms with Crippen LogP contribution in [0.4, 0.5) is 0 Å². The Morgan fingerprint density at radius 1 is 1.18 bits per heavy atom. The van der Waals surface area contributed by atoms with E-state index in [1.54, 1.807) is 18.2 Å². The molecule has 0 spiro atoms. The van der Waals surface area contributed by atoms with Gasteiger partial charge in [0.1, 0.15) is 0 Å². The first kappa shape index (κ1) is 19.8. The predicted octanol–water partition coefficient (Wildman–Crippen LogP) is 4.34. The first-order valence-corrected chi connectivity index (χ1v) is 9.24. The molecule has 1 heterocycles. The van der Waals surface area contributed by atoms with Gasteiger partial charge in [0.25, 0.3) is 0 Å². The maximum absolute atomic E-state index is 12.2. The average Bonchev–Trinajstić information content (AvgIpc) is 2.99. The van der Waals surface area contributed by atoms with Gasteiger partial charge in [-0.05, 0) is 76.8 Å². The van der Waals surface area contributed by atoms with Crippen LogP contribution in [-0.2, 0) is 14.3 Å². The van der Waals surface area contributed by atoms with E-state index in [0.29, 0.717) is 15.8 Å². The van der Waals surface area contributed by atoms with Gasteiger partial charge in [0.2, 0.25) is 5.90 Å². The Hall–Kier alpha value is -2.93. The van der Waals surface area contributed by atoms with Gasteiger partial charge in [0.05, 0.1) is 11.6 Å². The maximum atomic E-state index is 12.2. The lowest BCUT2D eigenvalue weighted by atomic mass is 10.1. The Kier molecular flexibility index (Phi) is 5.65. The molecule has 0 N–H and O–H groups in total. The van der Waals surface area contributed by atoms with Gasteiger partial charge in [-0.2, -0.15) is 0 Å². The molecular formula is C21H18BrNO5. The Balaban J connectivity index is 1.97. The summed E-state index contributed by atoms with van der Waals surface area (Å²) in [5.74, 6) is -0.118. The highest BCUT2D eigenvalue weighted by Crippen LogP contribution is 2.37. The lowest BCUT2D eigenvalue weighted by Gasteiger charge is -2.11. The van der Waals surface area contributed by atoms with Gasteiger partial charge in [-0.15, -0.1) is 0 Å². The topological polar surface area (TPSA) is 74.2 Å². The Labute approximate surface area is 171 Å². The van der Waals surface area contributed by atoms with Crippen molar-refractivity contribution in [1.82, 2.24) is 0 Å². The van der Waals surface area contributed by atoms with E-state index in [2.05, 4.69) is 20.9 Å². The fourth-order valence-electron chi connectivity index (χ4n) is 2.63. The number of aliphatic imine (C=N–C) groups is 1. The van der Waals surface area contributed by atoms with Crippen molar-refractivity contribution in [2.75, 3.05) is 7.11 Å². The Bertz CT molecular complexity index is 1040. The summed E-state index contributed by atoms with van der Waals surface area (Å²) in [5.41, 5.74) is 3.78. The molecule has 0 saturated heterocycles. The summed E-state index contributed by atoms with van der Waals surface area (Å²) < 4.78 is 16.3. The molecule has 3 rings (SSSR count). The molecule has 28 heavy (non-hydrogen) atoms. The molecule has 1 aliphatic rings. The number of hydrogen-bond donors (Lipinski definition) is 0. The summed E-state index contributed by atoms with van der Waals surface area (Å²) in [7, 11) is 1.46. The smallest absolute Gasteiger partial charge is 0.363 e. The van der Waals surface area contributed by atoms with Crippen molar-refractivity contribution in [2.24, 2.45) is 4.99 Å². The molecule has 0 bridgehead atoms. The number of aryl methyl sites for hydroxylation is 2. The Morgan fingerprint density at radius 2 is 1.93 bits per heavy atom. The van der Waals surface area contributed by atoms with Crippen LogP contribution in [0.2, 0.25) is 0 Å². The number of carbonyl (C=O) groups excluding carboxylic acids is 2. The molecule has 0 radical (unpaired) electrons. The summed E-state index contributed by atoms with van der Waals surface area (Å²) in [6, 6.07) is 9.10. The van der Waals surface area contributed by atoms with Crippen LogP contribution in [0.25, 0.3) is 6.08 Å². The first-order chi connectivity index (χ1) is 13.3. The molecule has 0 saturated carbocycles. The van der Waals surface area contributed by atoms with Crippen LogP contribution in [-0.4, -0.2) is 24.9 Å². The Morgan fingerprint density at radius 3 is 2.57 bits per heavy atom. The van der Waals surface area contributed by atoms with Gasteiger partial charge in [-0.3, -0.25) is 4.79 Å². The number of nitrogens with zero attached hydrogens (tertiary/aromatic N) is 1. The van der Waals surface area contributed by atoms with Crippen LogP contribution in [0.1, 0.15) is 29.2 Å². The second-order valence-electron chi connectivity index (χ2n) is 6.26. The van der Waals surface area contributed by atoms with Gasteiger partial charge in [-0.25, -0.2) is 9.79 Å². The lowest BCUT2D eigenvalue weighted by molar-refractivity contribution is -0.132. The molecule has 2 aromatic carbocycles. The van der Waals surface area contributed by atoms with Crippen LogP contribution in [0.3, 0.4) is 0 Å². The number of esters is 2. The molecule has 7 heteroatoms. The molecule has 0 amide bonds. The van der Waals surface area contributed by atoms with Crippen LogP contribution in [0, 0.1) is 13.8 Å². The maximum Gasteiger partial charge on any atom is 0.363 e. The molecule has 6 nitrogen and oxygen atoms in total. The van der Waals surface area contributed by atoms with Crippen LogP contribution < -0.4 is 9.47 Å². The number of methoxy groups -OCH3 is 1. The van der Waals surface area contributed by atoms with Crippen LogP contribution >= 0.6 is 15.9 Å². The van der Waals surface area contributed by atoms with Crippen molar-refractivity contribution in [3.8, 4) is 11.5 Å². The highest BCUT2D eigenvalue weighted by molar-refractivity contribution is 9.10. The summed E-state index contributed by atoms with van der Waals surface area (Å²) in [6.45, 7) is 5.30. The summed E-state index contributed by atoms with van der Waals surface area (Å²) in [4.78, 5) is 27.8. The van der Waals surface area contributed by atoms with Crippen molar-refractivity contribution >= 4 is 39.8 Å². The zero-order valence-corrected chi connectivity index (χ0v) is 17.4. The van der Waals surface area contributed by atoms with Gasteiger partial charge in [-0.1, -0.05) is 6.07 Å². The van der Waals surface area contributed by atoms with Gasteiger partial charge < -0.3 is 14.2 Å². The summed E-state index contributed by atoms with van der Waals surface area (Å²) in [5, 5.41) is 0. The zero-order chi connectivity index (χ0) is 20.4. The number of benzene rings is 2. The lowest BCUT2D eigenvalue weighted by Crippen LogP contribution is -2.06. The van der Waals surface area contributed by atoms with Crippen molar-refractivity contribution in [1.29, 1.82) is 0 Å². The standard InChI is InChI=1S/C21H18BrNO5/c1-11-5-6-15(7-12(11)2)20-23-17(21(25)28-20)9-14-8-16(22)19(27-13(3)24)18(10-14)26-4/h5-10H,1-4H3. The van der Waals surface area contributed by atoms with Crippen molar-refractivity contribution in [3.63, 3.8) is 0 Å². The first-order valence-electron chi connectivity index (χ1n) is 8.44. The second kappa shape index (κ2) is 7.98. The van der Waals surface area contributed by atoms with E-state index in [4.69, 9.17) is 14.2 Å². The highest BCUT2D eigenvalue weighted by atomic mass is 79.9. The predicted molar refractivity (Wildman–Crippen MR) is 109 cm³/mol. The summed E-state index contributed by atoms with van der Waals surface area (Å²) in [6.07, 6.45) is 1.58. The van der Waals surface area contributed by atoms with E-state index < -0.39 is 11.9 Å². The third-order valence-electron chi connectivity index (χ3n) is 4.18. The molecule has 1 aliphatic heterocycles. The minimum absolute atomic E-state index is 0.169. The van der Waals surface area contributed by atoms with E-state index in [1.807, 2.05) is 32.0 Å². The fourth-order valence-corrected chi connectivity index (χ4v) is 3.17. The molecular weight excluding hydrogens is 426 g/mol. The molecule has 144 valence electrons. The van der Waals surface area contributed by atoms with Gasteiger partial charge in [0.15, 0.2) is 17.2 Å². The quantitative estimate of drug-likeness (QED) is 0.399. The van der Waals surface area contributed by atoms with Crippen molar-refractivity contribution in [3.05, 3.63) is 62.8 Å². The number of rotatable bonds is 4. The molecule has 0 fully saturated rings. The SMILES string of the molecule is COc1cc(C=C2N=C(c3ccc(C)c(C)c3)OC2=O)cc(Br)c1OC(C)=O. The average molecular weight is 444 g/mol. The van der Waals surface area contributed by atoms with Gasteiger partial charge in [0, 0.05) is 12.5 Å². The fraction of sp³-hybridized carbons (Fsp3) is 0.190. The minimum Gasteiger partial charge on any atom is -0.493 e. The molecule has 0 atom stereocenters. The van der Waals surface area contributed by atoms with Crippen molar-refractivity contribution in [2.45, 2.75) is 20.8 Å². The normalized spacial score (nSPS) is 14.7. The van der Waals surface area contributed by atoms with E-state index in [1.165, 1.54) is 14.0 Å². The largest absolute Gasteiger partial charge is 0.493 e. The highest BCUT2D eigenvalue weighted by Gasteiger charge is 2.25. The van der Waals surface area contributed by atoms with E-state index in [-0.39, 0.29) is 17.3 Å². The molecule has 0 unspecified atom stereocenters. The monoisotopic (exact) mass is 443 g/mol. The number of hydrogen-bond acceptors (Lipinski definition) is 6. The third-order valence-corrected chi connectivity index (χ3v) is 4.76. The van der Waals surface area contributed by atoms with Crippen LogP contribution in [0.15, 0.2) is 45.5 Å². The van der Waals surface area contributed by atoms with E-state index in [0.717, 1.165) is 16.7 Å². The minimum atomic E-state index is -0.535. The van der Waals surface area contributed by atoms with Gasteiger partial charge >= 0.3 is 11.9 Å². The zero-order valence-electron chi connectivity index (χ0n) is 15.8. The number of ether oxygens (including phenoxy) is 3. The number of cyclic esters (lactones) is 1. The molecule has 2 aromatic rings. The second-order valence-corrected chi connectivity index (χ2v) is 7.12. The van der Waals surface area contributed by atoms with E-state index >= 15 is 0 Å². The molecule has 0 aliphatic carbocycles. The summed E-state index contributed by atoms with van der Waals surface area (Å²) >= 11 is 3.36. The number of carbonyl (C=O) groups is 2.